The van der Waals surface area contributed by atoms with Gasteiger partial charge >= 0.3 is 0 Å². The third-order valence-corrected chi connectivity index (χ3v) is 5.32. The number of nitrogens with one attached hydrogen (secondary N) is 2. The number of hydrogen-bond acceptors (Lipinski definition) is 5. The molecule has 2 aromatic rings. The Balaban J connectivity index is 2.05. The first-order chi connectivity index (χ1) is 11.4. The Kier molecular flexibility index (Phi) is 6.24. The highest BCUT2D eigenvalue weighted by Crippen LogP contribution is 2.33. The van der Waals surface area contributed by atoms with Crippen LogP contribution in [0, 0.1) is 6.92 Å². The number of thiophene rings is 2. The van der Waals surface area contributed by atoms with E-state index in [1.807, 2.05) is 31.4 Å². The maximum absolute atomic E-state index is 11.9. The van der Waals surface area contributed by atoms with Crippen molar-refractivity contribution in [2.45, 2.75) is 20.3 Å². The lowest BCUT2D eigenvalue weighted by Gasteiger charge is -2.08. The van der Waals surface area contributed by atoms with Crippen molar-refractivity contribution in [1.82, 2.24) is 5.32 Å². The molecule has 2 heterocycles. The monoisotopic (exact) mass is 379 g/mol. The Morgan fingerprint density at radius 3 is 2.75 bits per heavy atom. The number of primary amides is 1. The van der Waals surface area contributed by atoms with E-state index in [1.54, 1.807) is 6.08 Å². The van der Waals surface area contributed by atoms with Gasteiger partial charge < -0.3 is 11.1 Å². The highest BCUT2D eigenvalue weighted by Gasteiger charge is 2.19. The van der Waals surface area contributed by atoms with Crippen LogP contribution in [0.15, 0.2) is 23.6 Å². The molecule has 0 fully saturated rings. The molecule has 0 saturated carbocycles. The molecule has 126 valence electrons. The smallest absolute Gasteiger partial charge is 0.251 e. The molecule has 0 aliphatic carbocycles. The predicted octanol–water partition coefficient (Wildman–Crippen LogP) is 3.31. The third kappa shape index (κ3) is 4.50. The van der Waals surface area contributed by atoms with Gasteiger partial charge in [-0.1, -0.05) is 13.0 Å². The quantitative estimate of drug-likeness (QED) is 0.550. The van der Waals surface area contributed by atoms with Gasteiger partial charge in [0.25, 0.3) is 5.91 Å². The van der Waals surface area contributed by atoms with E-state index in [-0.39, 0.29) is 11.0 Å². The number of nitrogens with two attached hydrogens (primary N) is 1. The van der Waals surface area contributed by atoms with Crippen LogP contribution in [-0.2, 0) is 11.2 Å². The average Bonchev–Trinajstić information content (AvgIpc) is 3.12. The minimum atomic E-state index is -0.509. The first kappa shape index (κ1) is 18.3. The molecular formula is C16H17N3O2S3. The zero-order chi connectivity index (χ0) is 17.7. The molecule has 4 N–H and O–H groups in total. The van der Waals surface area contributed by atoms with E-state index in [1.165, 1.54) is 28.7 Å². The van der Waals surface area contributed by atoms with E-state index in [2.05, 4.69) is 10.6 Å². The molecule has 0 saturated heterocycles. The number of aryl methyl sites for hydroxylation is 1. The van der Waals surface area contributed by atoms with E-state index in [4.69, 9.17) is 18.0 Å². The van der Waals surface area contributed by atoms with Gasteiger partial charge in [0.15, 0.2) is 5.11 Å². The van der Waals surface area contributed by atoms with Gasteiger partial charge in [0, 0.05) is 15.8 Å². The summed E-state index contributed by atoms with van der Waals surface area (Å²) in [5, 5.41) is 8.07. The van der Waals surface area contributed by atoms with Gasteiger partial charge in [-0.25, -0.2) is 0 Å². The van der Waals surface area contributed by atoms with Gasteiger partial charge in [0.2, 0.25) is 5.91 Å². The molecule has 2 aromatic heterocycles. The van der Waals surface area contributed by atoms with Crippen LogP contribution in [0.5, 0.6) is 0 Å². The predicted molar refractivity (Wildman–Crippen MR) is 105 cm³/mol. The van der Waals surface area contributed by atoms with E-state index < -0.39 is 5.91 Å². The van der Waals surface area contributed by atoms with Crippen molar-refractivity contribution in [3.63, 3.8) is 0 Å². The van der Waals surface area contributed by atoms with E-state index in [0.29, 0.717) is 17.0 Å². The largest absolute Gasteiger partial charge is 0.365 e. The van der Waals surface area contributed by atoms with Crippen LogP contribution in [0.4, 0.5) is 5.00 Å². The number of thiocarbonyl (C=S) groups is 1. The summed E-state index contributed by atoms with van der Waals surface area (Å²) < 4.78 is 0. The minimum absolute atomic E-state index is 0.127. The van der Waals surface area contributed by atoms with Crippen LogP contribution in [0.2, 0.25) is 0 Å². The number of carbonyl (C=O) groups excluding carboxylic acids is 2. The highest BCUT2D eigenvalue weighted by atomic mass is 32.1. The van der Waals surface area contributed by atoms with Crippen molar-refractivity contribution in [3.05, 3.63) is 44.5 Å². The third-order valence-electron chi connectivity index (χ3n) is 3.21. The van der Waals surface area contributed by atoms with E-state index in [0.717, 1.165) is 15.3 Å². The van der Waals surface area contributed by atoms with Crippen LogP contribution >= 0.6 is 34.9 Å². The van der Waals surface area contributed by atoms with Crippen LogP contribution in [0.1, 0.15) is 32.6 Å². The second kappa shape index (κ2) is 8.18. The van der Waals surface area contributed by atoms with Crippen molar-refractivity contribution in [2.75, 3.05) is 5.32 Å². The fourth-order valence-electron chi connectivity index (χ4n) is 2.18. The molecule has 0 aromatic carbocycles. The standard InChI is InChI=1S/C16H17N3O2S3/c1-3-11-9(2)24-15(13(11)14(17)21)19-16(22)18-12(20)7-6-10-5-4-8-23-10/h4-8H,3H2,1-2H3,(H2,17,21)(H2,18,19,20,22)/b7-6+. The zero-order valence-electron chi connectivity index (χ0n) is 13.2. The lowest BCUT2D eigenvalue weighted by molar-refractivity contribution is -0.115. The Hall–Kier alpha value is -2.03. The fraction of sp³-hybridized carbons (Fsp3) is 0.188. The van der Waals surface area contributed by atoms with Crippen LogP contribution in [-0.4, -0.2) is 16.9 Å². The van der Waals surface area contributed by atoms with Gasteiger partial charge in [-0.2, -0.15) is 0 Å². The summed E-state index contributed by atoms with van der Waals surface area (Å²) in [5.74, 6) is -0.851. The summed E-state index contributed by atoms with van der Waals surface area (Å²) in [7, 11) is 0. The Labute approximate surface area is 153 Å². The van der Waals surface area contributed by atoms with Crippen LogP contribution in [0.25, 0.3) is 6.08 Å². The second-order valence-corrected chi connectivity index (χ2v) is 7.46. The maximum Gasteiger partial charge on any atom is 0.251 e. The molecule has 24 heavy (non-hydrogen) atoms. The van der Waals surface area contributed by atoms with Gasteiger partial charge in [-0.15, -0.1) is 22.7 Å². The molecule has 0 aliphatic rings. The highest BCUT2D eigenvalue weighted by molar-refractivity contribution is 7.80. The Bertz CT molecular complexity index is 792. The molecule has 0 radical (unpaired) electrons. The van der Waals surface area contributed by atoms with Gasteiger partial charge in [-0.05, 0) is 48.6 Å². The zero-order valence-corrected chi connectivity index (χ0v) is 15.7. The fourth-order valence-corrected chi connectivity index (χ4v) is 4.22. The molecule has 0 bridgehead atoms. The first-order valence-electron chi connectivity index (χ1n) is 7.18. The Morgan fingerprint density at radius 2 is 2.17 bits per heavy atom. The van der Waals surface area contributed by atoms with Crippen molar-refractivity contribution in [2.24, 2.45) is 5.73 Å². The van der Waals surface area contributed by atoms with Crippen LogP contribution in [0.3, 0.4) is 0 Å². The summed E-state index contributed by atoms with van der Waals surface area (Å²) in [6.07, 6.45) is 3.82. The molecule has 2 rings (SSSR count). The second-order valence-electron chi connectivity index (χ2n) is 4.85. The van der Waals surface area contributed by atoms with Gasteiger partial charge in [0.05, 0.1) is 5.56 Å². The first-order valence-corrected chi connectivity index (χ1v) is 9.28. The average molecular weight is 380 g/mol. The van der Waals surface area contributed by atoms with Crippen molar-refractivity contribution in [1.29, 1.82) is 0 Å². The summed E-state index contributed by atoms with van der Waals surface area (Å²) in [4.78, 5) is 25.6. The molecule has 5 nitrogen and oxygen atoms in total. The molecule has 0 spiro atoms. The van der Waals surface area contributed by atoms with Crippen molar-refractivity contribution < 1.29 is 9.59 Å². The summed E-state index contributed by atoms with van der Waals surface area (Å²) in [6.45, 7) is 3.88. The van der Waals surface area contributed by atoms with Gasteiger partial charge in [-0.3, -0.25) is 14.9 Å². The van der Waals surface area contributed by atoms with Crippen molar-refractivity contribution in [3.8, 4) is 0 Å². The summed E-state index contributed by atoms with van der Waals surface area (Å²) in [6, 6.07) is 3.81. The minimum Gasteiger partial charge on any atom is -0.365 e. The number of anilines is 1. The van der Waals surface area contributed by atoms with Gasteiger partial charge in [0.1, 0.15) is 5.00 Å². The Morgan fingerprint density at radius 1 is 1.42 bits per heavy atom. The summed E-state index contributed by atoms with van der Waals surface area (Å²) >= 11 is 8.07. The molecule has 2 amide bonds. The molecule has 8 heteroatoms. The molecule has 0 atom stereocenters. The lowest BCUT2D eigenvalue weighted by Crippen LogP contribution is -2.33. The normalized spacial score (nSPS) is 10.8. The molecular weight excluding hydrogens is 362 g/mol. The molecule has 0 unspecified atom stereocenters. The van der Waals surface area contributed by atoms with Crippen LogP contribution < -0.4 is 16.4 Å². The topological polar surface area (TPSA) is 84.2 Å². The lowest BCUT2D eigenvalue weighted by atomic mass is 10.1. The van der Waals surface area contributed by atoms with E-state index >= 15 is 0 Å². The molecule has 0 aliphatic heterocycles. The number of hydrogen-bond donors (Lipinski definition) is 3. The maximum atomic E-state index is 11.9. The number of amides is 2. The van der Waals surface area contributed by atoms with Crippen molar-refractivity contribution >= 4 is 62.9 Å². The van der Waals surface area contributed by atoms with E-state index in [9.17, 15) is 9.59 Å². The SMILES string of the molecule is CCc1c(C)sc(NC(=S)NC(=O)/C=C/c2cccs2)c1C(N)=O. The number of carbonyl (C=O) groups is 2. The summed E-state index contributed by atoms with van der Waals surface area (Å²) in [5.41, 5.74) is 6.81. The number of rotatable bonds is 5.